The summed E-state index contributed by atoms with van der Waals surface area (Å²) in [6, 6.07) is 8.13. The summed E-state index contributed by atoms with van der Waals surface area (Å²) >= 11 is 5.83. The Hall–Kier alpha value is 0.259. The Morgan fingerprint density at radius 3 is 1.25 bits per heavy atom. The molecule has 8 heavy (non-hydrogen) atoms. The molecule has 0 aliphatic carbocycles. The fourth-order valence-electron chi connectivity index (χ4n) is 0.440. The zero-order chi connectivity index (χ0) is 5.98. The van der Waals surface area contributed by atoms with Gasteiger partial charge in [0.15, 0.2) is 0 Å². The molecule has 0 nitrogen and oxygen atoms in total. The van der Waals surface area contributed by atoms with Crippen molar-refractivity contribution in [3.8, 4) is 0 Å². The predicted molar refractivity (Wildman–Crippen MR) is 37.2 cm³/mol. The molecule has 0 aliphatic rings. The fourth-order valence-corrected chi connectivity index (χ4v) is 1.01. The third-order valence-corrected chi connectivity index (χ3v) is 1.97. The normalized spacial score (nSPS) is 9.00. The number of hydrogen-bond donors (Lipinski definition) is 0. The molecule has 0 aliphatic heterocycles. The molecule has 0 saturated heterocycles. The van der Waals surface area contributed by atoms with Crippen LogP contribution in [0.4, 0.5) is 0 Å². The van der Waals surface area contributed by atoms with E-state index in [0.717, 1.165) is 0 Å². The molecule has 0 bridgehead atoms. The Morgan fingerprint density at radius 2 is 1.00 bits per heavy atom. The quantitative estimate of drug-likeness (QED) is 0.519. The van der Waals surface area contributed by atoms with E-state index >= 15 is 0 Å². The molecule has 0 spiro atoms. The summed E-state index contributed by atoms with van der Waals surface area (Å²) in [6.45, 7) is 0. The average molecular weight is 234 g/mol. The standard InChI is InChI=1S/C6H4Se2/c7-5-1-2-6(8)4-3-5/h1-4H. The van der Waals surface area contributed by atoms with Crippen molar-refractivity contribution in [1.82, 2.24) is 0 Å². The van der Waals surface area contributed by atoms with Crippen molar-refractivity contribution in [3.05, 3.63) is 24.3 Å². The van der Waals surface area contributed by atoms with E-state index in [1.807, 2.05) is 24.3 Å². The number of rotatable bonds is 0. The van der Waals surface area contributed by atoms with Gasteiger partial charge in [0.1, 0.15) is 0 Å². The molecule has 2 heteroatoms. The van der Waals surface area contributed by atoms with Crippen LogP contribution in [0, 0.1) is 0 Å². The molecule has 0 aromatic heterocycles. The van der Waals surface area contributed by atoms with E-state index in [0.29, 0.717) is 0 Å². The van der Waals surface area contributed by atoms with Crippen molar-refractivity contribution >= 4 is 40.9 Å². The summed E-state index contributed by atoms with van der Waals surface area (Å²) in [7, 11) is 0. The summed E-state index contributed by atoms with van der Waals surface area (Å²) in [4.78, 5) is 0. The Balaban J connectivity index is 3.03. The van der Waals surface area contributed by atoms with E-state index in [2.05, 4.69) is 32.0 Å². The monoisotopic (exact) mass is 236 g/mol. The first-order valence-electron chi connectivity index (χ1n) is 2.23. The van der Waals surface area contributed by atoms with Crippen molar-refractivity contribution in [2.75, 3.05) is 0 Å². The third-order valence-electron chi connectivity index (χ3n) is 0.824. The van der Waals surface area contributed by atoms with E-state index < -0.39 is 0 Å². The molecule has 40 valence electrons. The molecule has 0 unspecified atom stereocenters. The van der Waals surface area contributed by atoms with Crippen molar-refractivity contribution in [1.29, 1.82) is 0 Å². The van der Waals surface area contributed by atoms with Gasteiger partial charge in [0, 0.05) is 0 Å². The van der Waals surface area contributed by atoms with Gasteiger partial charge in [-0.2, -0.15) is 0 Å². The molecule has 1 aromatic rings. The summed E-state index contributed by atoms with van der Waals surface area (Å²) in [6.07, 6.45) is 0. The van der Waals surface area contributed by atoms with Crippen LogP contribution in [0.5, 0.6) is 0 Å². The molecule has 1 rings (SSSR count). The summed E-state index contributed by atoms with van der Waals surface area (Å²) < 4.78 is 2.37. The second kappa shape index (κ2) is 2.70. The Labute approximate surface area is 65.3 Å². The first-order valence-corrected chi connectivity index (χ1v) is 3.94. The van der Waals surface area contributed by atoms with Crippen molar-refractivity contribution < 1.29 is 0 Å². The van der Waals surface area contributed by atoms with Gasteiger partial charge in [-0.25, -0.2) is 0 Å². The van der Waals surface area contributed by atoms with Gasteiger partial charge in [0.25, 0.3) is 0 Å². The van der Waals surface area contributed by atoms with Gasteiger partial charge in [-0.05, 0) is 0 Å². The minimum atomic E-state index is 1.18. The van der Waals surface area contributed by atoms with Crippen LogP contribution in [-0.2, 0) is 0 Å². The number of benzene rings is 1. The summed E-state index contributed by atoms with van der Waals surface area (Å²) in [5, 5.41) is 0. The summed E-state index contributed by atoms with van der Waals surface area (Å²) in [5.41, 5.74) is 0. The van der Waals surface area contributed by atoms with E-state index in [4.69, 9.17) is 0 Å². The zero-order valence-electron chi connectivity index (χ0n) is 4.13. The SMILES string of the molecule is [Se]c1ccc([Se])cc1. The van der Waals surface area contributed by atoms with Gasteiger partial charge < -0.3 is 0 Å². The minimum absolute atomic E-state index is 1.18. The molecule has 0 N–H and O–H groups in total. The molecule has 0 saturated carbocycles. The molecule has 1 aromatic carbocycles. The molecule has 2 radical (unpaired) electrons. The molecule has 0 fully saturated rings. The van der Waals surface area contributed by atoms with Gasteiger partial charge in [-0.1, -0.05) is 0 Å². The van der Waals surface area contributed by atoms with E-state index in [-0.39, 0.29) is 0 Å². The summed E-state index contributed by atoms with van der Waals surface area (Å²) in [5.74, 6) is 0. The Kier molecular flexibility index (Phi) is 2.15. The van der Waals surface area contributed by atoms with E-state index in [9.17, 15) is 0 Å². The van der Waals surface area contributed by atoms with Crippen LogP contribution < -0.4 is 8.92 Å². The van der Waals surface area contributed by atoms with Crippen molar-refractivity contribution in [2.24, 2.45) is 0 Å². The molecular formula is C6H4Se2. The third kappa shape index (κ3) is 1.64. The van der Waals surface area contributed by atoms with Gasteiger partial charge in [-0.15, -0.1) is 0 Å². The van der Waals surface area contributed by atoms with Gasteiger partial charge in [0.05, 0.1) is 0 Å². The van der Waals surface area contributed by atoms with Crippen molar-refractivity contribution in [3.63, 3.8) is 0 Å². The van der Waals surface area contributed by atoms with Gasteiger partial charge >= 0.3 is 65.2 Å². The van der Waals surface area contributed by atoms with Crippen LogP contribution in [0.2, 0.25) is 0 Å². The second-order valence-electron chi connectivity index (χ2n) is 1.47. The van der Waals surface area contributed by atoms with Crippen LogP contribution >= 0.6 is 0 Å². The zero-order valence-corrected chi connectivity index (χ0v) is 7.55. The van der Waals surface area contributed by atoms with Crippen LogP contribution in [-0.4, -0.2) is 32.0 Å². The first kappa shape index (κ1) is 6.38. The second-order valence-corrected chi connectivity index (χ2v) is 3.45. The van der Waals surface area contributed by atoms with Crippen LogP contribution in [0.3, 0.4) is 0 Å². The molecule has 0 amide bonds. The van der Waals surface area contributed by atoms with Crippen LogP contribution in [0.25, 0.3) is 0 Å². The maximum absolute atomic E-state index is 2.92. The Morgan fingerprint density at radius 1 is 0.750 bits per heavy atom. The molecular weight excluding hydrogens is 230 g/mol. The van der Waals surface area contributed by atoms with Crippen LogP contribution in [0.1, 0.15) is 0 Å². The number of hydrogen-bond acceptors (Lipinski definition) is 0. The maximum atomic E-state index is 2.92. The van der Waals surface area contributed by atoms with E-state index in [1.165, 1.54) is 8.92 Å². The molecule has 0 heterocycles. The van der Waals surface area contributed by atoms with Gasteiger partial charge in [-0.3, -0.25) is 0 Å². The molecule has 0 atom stereocenters. The fraction of sp³-hybridized carbons (Fsp3) is 0. The van der Waals surface area contributed by atoms with Crippen molar-refractivity contribution in [2.45, 2.75) is 0 Å². The van der Waals surface area contributed by atoms with Gasteiger partial charge in [0.2, 0.25) is 0 Å². The van der Waals surface area contributed by atoms with E-state index in [1.54, 1.807) is 0 Å². The predicted octanol–water partition coefficient (Wildman–Crippen LogP) is -0.726. The average Bonchev–Trinajstić information content (AvgIpc) is 1.77. The topological polar surface area (TPSA) is 0 Å². The van der Waals surface area contributed by atoms with Crippen LogP contribution in [0.15, 0.2) is 24.3 Å². The first-order chi connectivity index (χ1) is 3.79. The Bertz CT molecular complexity index is 145.